The maximum atomic E-state index is 13.3. The normalized spacial score (nSPS) is 19.1. The van der Waals surface area contributed by atoms with E-state index in [2.05, 4.69) is 5.10 Å². The zero-order valence-electron chi connectivity index (χ0n) is 18.3. The van der Waals surface area contributed by atoms with Crippen LogP contribution in [0, 0.1) is 0 Å². The lowest BCUT2D eigenvalue weighted by molar-refractivity contribution is 0.302. The van der Waals surface area contributed by atoms with Gasteiger partial charge in [-0.1, -0.05) is 12.8 Å². The molecule has 2 aliphatic rings. The summed E-state index contributed by atoms with van der Waals surface area (Å²) in [5, 5.41) is 4.54. The SMILES string of the molecule is COc1ccc(OC)c(S(=O)(=O)N2CCC(c3nn(C)c(=O)n3C3CCCC3)CC2)c1. The van der Waals surface area contributed by atoms with Crippen LogP contribution >= 0.6 is 0 Å². The summed E-state index contributed by atoms with van der Waals surface area (Å²) in [5.74, 6) is 1.62. The van der Waals surface area contributed by atoms with Crippen LogP contribution in [0.25, 0.3) is 0 Å². The highest BCUT2D eigenvalue weighted by atomic mass is 32.2. The summed E-state index contributed by atoms with van der Waals surface area (Å²) in [5.41, 5.74) is -0.0712. The van der Waals surface area contributed by atoms with Crippen molar-refractivity contribution in [1.29, 1.82) is 0 Å². The van der Waals surface area contributed by atoms with Crippen LogP contribution in [0.2, 0.25) is 0 Å². The fourth-order valence-electron chi connectivity index (χ4n) is 4.76. The van der Waals surface area contributed by atoms with Crippen molar-refractivity contribution in [3.8, 4) is 11.5 Å². The first-order chi connectivity index (χ1) is 14.9. The first-order valence-corrected chi connectivity index (χ1v) is 12.2. The van der Waals surface area contributed by atoms with Gasteiger partial charge in [0.25, 0.3) is 0 Å². The molecule has 9 nitrogen and oxygen atoms in total. The fraction of sp³-hybridized carbons (Fsp3) is 0.619. The van der Waals surface area contributed by atoms with Crippen molar-refractivity contribution in [1.82, 2.24) is 18.7 Å². The Morgan fingerprint density at radius 2 is 1.71 bits per heavy atom. The van der Waals surface area contributed by atoms with E-state index >= 15 is 0 Å². The van der Waals surface area contributed by atoms with Crippen molar-refractivity contribution in [3.63, 3.8) is 0 Å². The average Bonchev–Trinajstić information content (AvgIpc) is 3.41. The van der Waals surface area contributed by atoms with Crippen molar-refractivity contribution < 1.29 is 17.9 Å². The van der Waals surface area contributed by atoms with E-state index in [1.807, 2.05) is 4.57 Å². The van der Waals surface area contributed by atoms with Gasteiger partial charge in [0.2, 0.25) is 10.0 Å². The van der Waals surface area contributed by atoms with E-state index in [-0.39, 0.29) is 22.5 Å². The van der Waals surface area contributed by atoms with Crippen molar-refractivity contribution in [2.24, 2.45) is 7.05 Å². The number of nitrogens with zero attached hydrogens (tertiary/aromatic N) is 4. The van der Waals surface area contributed by atoms with Gasteiger partial charge in [0.15, 0.2) is 0 Å². The molecule has 31 heavy (non-hydrogen) atoms. The van der Waals surface area contributed by atoms with E-state index in [0.29, 0.717) is 37.4 Å². The van der Waals surface area contributed by atoms with E-state index in [4.69, 9.17) is 9.47 Å². The van der Waals surface area contributed by atoms with Crippen LogP contribution in [-0.2, 0) is 17.1 Å². The third kappa shape index (κ3) is 3.98. The van der Waals surface area contributed by atoms with Crippen molar-refractivity contribution in [2.45, 2.75) is 55.4 Å². The second-order valence-electron chi connectivity index (χ2n) is 8.27. The number of hydrogen-bond donors (Lipinski definition) is 0. The van der Waals surface area contributed by atoms with Gasteiger partial charge in [-0.05, 0) is 37.8 Å². The minimum atomic E-state index is -3.74. The summed E-state index contributed by atoms with van der Waals surface area (Å²) in [7, 11) is 0.904. The van der Waals surface area contributed by atoms with Crippen LogP contribution in [0.4, 0.5) is 0 Å². The third-order valence-electron chi connectivity index (χ3n) is 6.48. The first kappa shape index (κ1) is 21.9. The Balaban J connectivity index is 1.56. The Morgan fingerprint density at radius 3 is 2.32 bits per heavy atom. The molecule has 1 aromatic heterocycles. The first-order valence-electron chi connectivity index (χ1n) is 10.7. The molecule has 0 spiro atoms. The summed E-state index contributed by atoms with van der Waals surface area (Å²) in [6.07, 6.45) is 5.50. The van der Waals surface area contributed by atoms with Crippen LogP contribution in [0.1, 0.15) is 56.3 Å². The molecule has 170 valence electrons. The Kier molecular flexibility index (Phi) is 6.11. The Hall–Kier alpha value is -2.33. The Morgan fingerprint density at radius 1 is 1.03 bits per heavy atom. The number of aromatic nitrogens is 3. The van der Waals surface area contributed by atoms with Gasteiger partial charge in [0, 0.05) is 38.2 Å². The Bertz CT molecular complexity index is 1090. The molecule has 0 unspecified atom stereocenters. The lowest BCUT2D eigenvalue weighted by Gasteiger charge is -2.31. The average molecular weight is 451 g/mol. The molecule has 2 fully saturated rings. The van der Waals surface area contributed by atoms with Gasteiger partial charge in [-0.2, -0.15) is 9.40 Å². The van der Waals surface area contributed by atoms with Crippen LogP contribution < -0.4 is 15.2 Å². The molecule has 1 aromatic carbocycles. The van der Waals surface area contributed by atoms with Gasteiger partial charge in [0.05, 0.1) is 14.2 Å². The molecule has 0 amide bonds. The lowest BCUT2D eigenvalue weighted by atomic mass is 9.97. The number of sulfonamides is 1. The number of hydrogen-bond acceptors (Lipinski definition) is 6. The van der Waals surface area contributed by atoms with Gasteiger partial charge in [-0.15, -0.1) is 0 Å². The molecule has 0 radical (unpaired) electrons. The summed E-state index contributed by atoms with van der Waals surface area (Å²) in [6.45, 7) is 0.728. The minimum absolute atomic E-state index is 0.0631. The van der Waals surface area contributed by atoms with Crippen LogP contribution in [0.3, 0.4) is 0 Å². The predicted molar refractivity (Wildman–Crippen MR) is 115 cm³/mol. The van der Waals surface area contributed by atoms with Gasteiger partial charge in [-0.25, -0.2) is 17.9 Å². The van der Waals surface area contributed by atoms with Crippen molar-refractivity contribution >= 4 is 10.0 Å². The molecule has 0 atom stereocenters. The lowest BCUT2D eigenvalue weighted by Crippen LogP contribution is -2.39. The molecule has 1 aliphatic heterocycles. The second-order valence-corrected chi connectivity index (χ2v) is 10.2. The number of ether oxygens (including phenoxy) is 2. The van der Waals surface area contributed by atoms with E-state index in [9.17, 15) is 13.2 Å². The maximum absolute atomic E-state index is 13.3. The van der Waals surface area contributed by atoms with Crippen LogP contribution in [0.15, 0.2) is 27.9 Å². The molecule has 1 saturated carbocycles. The molecule has 2 heterocycles. The molecular formula is C21H30N4O5S. The van der Waals surface area contributed by atoms with Crippen molar-refractivity contribution in [3.05, 3.63) is 34.5 Å². The summed E-state index contributed by atoms with van der Waals surface area (Å²) < 4.78 is 41.9. The van der Waals surface area contributed by atoms with E-state index in [1.54, 1.807) is 19.2 Å². The summed E-state index contributed by atoms with van der Waals surface area (Å²) >= 11 is 0. The maximum Gasteiger partial charge on any atom is 0.345 e. The minimum Gasteiger partial charge on any atom is -0.497 e. The van der Waals surface area contributed by atoms with E-state index in [0.717, 1.165) is 31.5 Å². The largest absolute Gasteiger partial charge is 0.497 e. The molecule has 1 aliphatic carbocycles. The highest BCUT2D eigenvalue weighted by molar-refractivity contribution is 7.89. The van der Waals surface area contributed by atoms with Gasteiger partial charge in [0.1, 0.15) is 22.2 Å². The number of rotatable bonds is 6. The van der Waals surface area contributed by atoms with Gasteiger partial charge >= 0.3 is 5.69 Å². The molecule has 1 saturated heterocycles. The van der Waals surface area contributed by atoms with Gasteiger partial charge in [-0.3, -0.25) is 4.57 Å². The number of piperidine rings is 1. The predicted octanol–water partition coefficient (Wildman–Crippen LogP) is 2.28. The molecular weight excluding hydrogens is 420 g/mol. The summed E-state index contributed by atoms with van der Waals surface area (Å²) in [6, 6.07) is 4.98. The van der Waals surface area contributed by atoms with Gasteiger partial charge < -0.3 is 9.47 Å². The standard InChI is InChI=1S/C21H30N4O5S/c1-23-21(26)25(16-6-4-5-7-16)20(22-23)15-10-12-24(13-11-15)31(27,28)19-14-17(29-2)8-9-18(19)30-3/h8-9,14-16H,4-7,10-13H2,1-3H3. The smallest absolute Gasteiger partial charge is 0.345 e. The number of methoxy groups -OCH3 is 2. The number of aryl methyl sites for hydroxylation is 1. The van der Waals surface area contributed by atoms with E-state index in [1.165, 1.54) is 29.3 Å². The van der Waals surface area contributed by atoms with E-state index < -0.39 is 10.0 Å². The second kappa shape index (κ2) is 8.66. The summed E-state index contributed by atoms with van der Waals surface area (Å²) in [4.78, 5) is 12.8. The topological polar surface area (TPSA) is 95.7 Å². The Labute approximate surface area is 182 Å². The molecule has 10 heteroatoms. The molecule has 0 N–H and O–H groups in total. The van der Waals surface area contributed by atoms with Crippen LogP contribution in [-0.4, -0.2) is 54.4 Å². The zero-order valence-corrected chi connectivity index (χ0v) is 19.1. The molecule has 0 bridgehead atoms. The quantitative estimate of drug-likeness (QED) is 0.670. The molecule has 2 aromatic rings. The fourth-order valence-corrected chi connectivity index (χ4v) is 6.40. The number of benzene rings is 1. The highest BCUT2D eigenvalue weighted by Gasteiger charge is 2.35. The third-order valence-corrected chi connectivity index (χ3v) is 8.40. The zero-order chi connectivity index (χ0) is 22.2. The van der Waals surface area contributed by atoms with Crippen molar-refractivity contribution in [2.75, 3.05) is 27.3 Å². The monoisotopic (exact) mass is 450 g/mol. The molecule has 4 rings (SSSR count). The van der Waals surface area contributed by atoms with Crippen LogP contribution in [0.5, 0.6) is 11.5 Å². The highest BCUT2D eigenvalue weighted by Crippen LogP contribution is 2.36.